The zero-order chi connectivity index (χ0) is 18.0. The topological polar surface area (TPSA) is 81.9 Å². The number of tetrazole rings is 1. The highest BCUT2D eigenvalue weighted by Gasteiger charge is 2.15. The molecule has 1 aromatic heterocycles. The third kappa shape index (κ3) is 3.30. The minimum atomic E-state index is -0.816. The first-order chi connectivity index (χ1) is 12.0. The van der Waals surface area contributed by atoms with E-state index >= 15 is 0 Å². The summed E-state index contributed by atoms with van der Waals surface area (Å²) < 4.78 is 33.7. The van der Waals surface area contributed by atoms with E-state index in [1.54, 1.807) is 25.1 Å². The maximum Gasteiger partial charge on any atom is 0.258 e. The summed E-state index contributed by atoms with van der Waals surface area (Å²) in [4.78, 5) is 12.2. The van der Waals surface area contributed by atoms with Crippen LogP contribution in [0.25, 0.3) is 5.69 Å². The van der Waals surface area contributed by atoms with Crippen molar-refractivity contribution in [3.05, 3.63) is 59.4 Å². The van der Waals surface area contributed by atoms with Crippen molar-refractivity contribution in [1.82, 2.24) is 20.2 Å². The number of aryl methyl sites for hydroxylation is 1. The molecule has 0 fully saturated rings. The minimum Gasteiger partial charge on any atom is -0.494 e. The van der Waals surface area contributed by atoms with Crippen LogP contribution in [0.4, 0.5) is 14.5 Å². The van der Waals surface area contributed by atoms with Crippen molar-refractivity contribution in [2.45, 2.75) is 6.92 Å². The number of aromatic nitrogens is 4. The van der Waals surface area contributed by atoms with Crippen LogP contribution >= 0.6 is 0 Å². The van der Waals surface area contributed by atoms with Crippen molar-refractivity contribution in [3.8, 4) is 11.4 Å². The number of benzene rings is 2. The highest BCUT2D eigenvalue weighted by Crippen LogP contribution is 2.26. The molecule has 1 heterocycles. The van der Waals surface area contributed by atoms with E-state index in [4.69, 9.17) is 4.74 Å². The van der Waals surface area contributed by atoms with E-state index in [2.05, 4.69) is 20.8 Å². The SMILES string of the molecule is COc1ccc(NC(=O)c2cc(F)ccc2F)cc1-n1nnnc1C. The fourth-order valence-corrected chi connectivity index (χ4v) is 2.26. The molecule has 0 saturated heterocycles. The number of carbonyl (C=O) groups excluding carboxylic acids is 1. The van der Waals surface area contributed by atoms with Gasteiger partial charge in [-0.2, -0.15) is 4.68 Å². The Bertz CT molecular complexity index is 942. The van der Waals surface area contributed by atoms with Gasteiger partial charge in [0.25, 0.3) is 5.91 Å². The standard InChI is InChI=1S/C16H13F2N5O2/c1-9-20-21-22-23(9)14-8-11(4-6-15(14)25-2)19-16(24)12-7-10(17)3-5-13(12)18/h3-8H,1-2H3,(H,19,24). The Hall–Kier alpha value is -3.36. The summed E-state index contributed by atoms with van der Waals surface area (Å²) >= 11 is 0. The van der Waals surface area contributed by atoms with Gasteiger partial charge in [0.15, 0.2) is 5.82 Å². The summed E-state index contributed by atoms with van der Waals surface area (Å²) in [5, 5.41) is 13.7. The first-order valence-corrected chi connectivity index (χ1v) is 7.19. The monoisotopic (exact) mass is 345 g/mol. The van der Waals surface area contributed by atoms with Gasteiger partial charge in [-0.25, -0.2) is 8.78 Å². The van der Waals surface area contributed by atoms with Gasteiger partial charge in [-0.1, -0.05) is 0 Å². The molecular formula is C16H13F2N5O2. The van der Waals surface area contributed by atoms with Crippen LogP contribution in [0.2, 0.25) is 0 Å². The van der Waals surface area contributed by atoms with Gasteiger partial charge in [-0.05, 0) is 53.7 Å². The summed E-state index contributed by atoms with van der Waals surface area (Å²) in [5.74, 6) is -1.31. The van der Waals surface area contributed by atoms with Crippen molar-refractivity contribution in [3.63, 3.8) is 0 Å². The van der Waals surface area contributed by atoms with Gasteiger partial charge in [0, 0.05) is 5.69 Å². The van der Waals surface area contributed by atoms with E-state index < -0.39 is 23.1 Å². The molecule has 7 nitrogen and oxygen atoms in total. The van der Waals surface area contributed by atoms with Gasteiger partial charge in [0.2, 0.25) is 0 Å². The molecule has 0 spiro atoms. The average Bonchev–Trinajstić information content (AvgIpc) is 3.02. The van der Waals surface area contributed by atoms with Gasteiger partial charge in [-0.15, -0.1) is 5.10 Å². The molecule has 0 atom stereocenters. The zero-order valence-electron chi connectivity index (χ0n) is 13.3. The number of hydrogen-bond acceptors (Lipinski definition) is 5. The number of hydrogen-bond donors (Lipinski definition) is 1. The van der Waals surface area contributed by atoms with Crippen LogP contribution in [0.1, 0.15) is 16.2 Å². The third-order valence-corrected chi connectivity index (χ3v) is 3.46. The molecule has 1 N–H and O–H groups in total. The summed E-state index contributed by atoms with van der Waals surface area (Å²) in [5.41, 5.74) is 0.442. The molecule has 9 heteroatoms. The zero-order valence-corrected chi connectivity index (χ0v) is 13.3. The van der Waals surface area contributed by atoms with Gasteiger partial charge >= 0.3 is 0 Å². The van der Waals surface area contributed by atoms with Crippen LogP contribution in [0.3, 0.4) is 0 Å². The molecule has 0 aliphatic carbocycles. The molecule has 0 bridgehead atoms. The van der Waals surface area contributed by atoms with Crippen molar-refractivity contribution in [2.24, 2.45) is 0 Å². The highest BCUT2D eigenvalue weighted by atomic mass is 19.1. The van der Waals surface area contributed by atoms with E-state index in [1.807, 2.05) is 0 Å². The molecule has 2 aromatic carbocycles. The largest absolute Gasteiger partial charge is 0.494 e. The van der Waals surface area contributed by atoms with E-state index in [-0.39, 0.29) is 0 Å². The molecule has 0 radical (unpaired) electrons. The molecule has 0 unspecified atom stereocenters. The number of nitrogens with zero attached hydrogens (tertiary/aromatic N) is 4. The Balaban J connectivity index is 1.95. The minimum absolute atomic E-state index is 0.347. The molecule has 3 rings (SSSR count). The van der Waals surface area contributed by atoms with Gasteiger partial charge in [-0.3, -0.25) is 4.79 Å². The Morgan fingerprint density at radius 2 is 2.00 bits per heavy atom. The number of ether oxygens (including phenoxy) is 1. The Kier molecular flexibility index (Phi) is 4.38. The summed E-state index contributed by atoms with van der Waals surface area (Å²) in [6.07, 6.45) is 0. The third-order valence-electron chi connectivity index (χ3n) is 3.46. The molecule has 128 valence electrons. The quantitative estimate of drug-likeness (QED) is 0.786. The molecule has 0 saturated carbocycles. The van der Waals surface area contributed by atoms with E-state index in [9.17, 15) is 13.6 Å². The number of anilines is 1. The predicted octanol–water partition coefficient (Wildman–Crippen LogP) is 2.51. The smallest absolute Gasteiger partial charge is 0.258 e. The number of methoxy groups -OCH3 is 1. The maximum atomic E-state index is 13.7. The average molecular weight is 345 g/mol. The Morgan fingerprint density at radius 1 is 1.20 bits per heavy atom. The normalized spacial score (nSPS) is 10.6. The van der Waals surface area contributed by atoms with Crippen molar-refractivity contribution < 1.29 is 18.3 Å². The lowest BCUT2D eigenvalue weighted by molar-refractivity contribution is 0.102. The molecule has 1 amide bonds. The van der Waals surface area contributed by atoms with Crippen LogP contribution in [-0.2, 0) is 0 Å². The Labute approximate surface area is 141 Å². The molecule has 3 aromatic rings. The molecule has 0 aliphatic rings. The number of halogens is 2. The second-order valence-electron chi connectivity index (χ2n) is 5.10. The van der Waals surface area contributed by atoms with Crippen LogP contribution < -0.4 is 10.1 Å². The first kappa shape index (κ1) is 16.5. The fraction of sp³-hybridized carbons (Fsp3) is 0.125. The molecule has 0 aliphatic heterocycles. The van der Waals surface area contributed by atoms with E-state index in [0.717, 1.165) is 18.2 Å². The number of amides is 1. The maximum absolute atomic E-state index is 13.7. The number of nitrogens with one attached hydrogen (secondary N) is 1. The Morgan fingerprint density at radius 3 is 2.68 bits per heavy atom. The van der Waals surface area contributed by atoms with Crippen molar-refractivity contribution >= 4 is 11.6 Å². The van der Waals surface area contributed by atoms with Crippen LogP contribution in [0.5, 0.6) is 5.75 Å². The predicted molar refractivity (Wildman–Crippen MR) is 84.8 cm³/mol. The van der Waals surface area contributed by atoms with Gasteiger partial charge in [0.1, 0.15) is 23.1 Å². The van der Waals surface area contributed by atoms with E-state index in [0.29, 0.717) is 22.9 Å². The second-order valence-corrected chi connectivity index (χ2v) is 5.10. The summed E-state index contributed by atoms with van der Waals surface area (Å²) in [7, 11) is 1.49. The number of carbonyl (C=O) groups is 1. The first-order valence-electron chi connectivity index (χ1n) is 7.19. The summed E-state index contributed by atoms with van der Waals surface area (Å²) in [6, 6.07) is 7.41. The lowest BCUT2D eigenvalue weighted by Gasteiger charge is -2.12. The van der Waals surface area contributed by atoms with Crippen LogP contribution in [-0.4, -0.2) is 33.2 Å². The lowest BCUT2D eigenvalue weighted by atomic mass is 10.2. The van der Waals surface area contributed by atoms with Gasteiger partial charge < -0.3 is 10.1 Å². The van der Waals surface area contributed by atoms with Crippen molar-refractivity contribution in [1.29, 1.82) is 0 Å². The second kappa shape index (κ2) is 6.63. The van der Waals surface area contributed by atoms with Crippen LogP contribution in [0.15, 0.2) is 36.4 Å². The van der Waals surface area contributed by atoms with Crippen LogP contribution in [0, 0.1) is 18.6 Å². The summed E-state index contributed by atoms with van der Waals surface area (Å²) in [6.45, 7) is 1.70. The fourth-order valence-electron chi connectivity index (χ4n) is 2.26. The lowest BCUT2D eigenvalue weighted by Crippen LogP contribution is -2.14. The van der Waals surface area contributed by atoms with Crippen molar-refractivity contribution in [2.75, 3.05) is 12.4 Å². The highest BCUT2D eigenvalue weighted by molar-refractivity contribution is 6.04. The van der Waals surface area contributed by atoms with E-state index in [1.165, 1.54) is 11.8 Å². The number of rotatable bonds is 4. The molecular weight excluding hydrogens is 332 g/mol. The molecule has 25 heavy (non-hydrogen) atoms. The van der Waals surface area contributed by atoms with Gasteiger partial charge in [0.05, 0.1) is 12.7 Å².